The molecule has 1 aliphatic heterocycles. The molecule has 1 saturated heterocycles. The van der Waals surface area contributed by atoms with E-state index in [1.807, 2.05) is 13.0 Å². The fraction of sp³-hybridized carbons (Fsp3) is 0.571. The summed E-state index contributed by atoms with van der Waals surface area (Å²) in [7, 11) is 0. The molecule has 1 heterocycles. The molecule has 0 radical (unpaired) electrons. The second-order valence-electron chi connectivity index (χ2n) is 5.21. The first kappa shape index (κ1) is 14.7. The second kappa shape index (κ2) is 6.67. The quantitative estimate of drug-likeness (QED) is 0.615. The van der Waals surface area contributed by atoms with Crippen molar-refractivity contribution in [3.05, 3.63) is 33.9 Å². The van der Waals surface area contributed by atoms with E-state index in [0.29, 0.717) is 18.8 Å². The first-order valence-electron chi connectivity index (χ1n) is 7.01. The SMILES string of the molecule is CCCNc1ccc(CN2CCC(O)C2)cc1[N+](=O)[O-]. The molecule has 0 amide bonds. The number of aliphatic hydroxyl groups is 1. The van der Waals surface area contributed by atoms with Crippen LogP contribution in [0.2, 0.25) is 0 Å². The van der Waals surface area contributed by atoms with Crippen molar-refractivity contribution >= 4 is 11.4 Å². The minimum absolute atomic E-state index is 0.121. The number of likely N-dealkylation sites (tertiary alicyclic amines) is 1. The van der Waals surface area contributed by atoms with Gasteiger partial charge < -0.3 is 10.4 Å². The van der Waals surface area contributed by atoms with E-state index in [-0.39, 0.29) is 16.7 Å². The first-order chi connectivity index (χ1) is 9.60. The predicted molar refractivity (Wildman–Crippen MR) is 77.8 cm³/mol. The van der Waals surface area contributed by atoms with E-state index in [2.05, 4.69) is 10.2 Å². The molecule has 0 bridgehead atoms. The summed E-state index contributed by atoms with van der Waals surface area (Å²) in [5.41, 5.74) is 1.60. The predicted octanol–water partition coefficient (Wildman–Crippen LogP) is 1.98. The van der Waals surface area contributed by atoms with E-state index in [9.17, 15) is 15.2 Å². The maximum Gasteiger partial charge on any atom is 0.292 e. The number of β-amino-alcohol motifs (C(OH)–C–C–N with tert-alkyl or cyclic N) is 1. The van der Waals surface area contributed by atoms with Gasteiger partial charge in [-0.25, -0.2) is 0 Å². The molecule has 1 fully saturated rings. The monoisotopic (exact) mass is 279 g/mol. The minimum atomic E-state index is -0.347. The van der Waals surface area contributed by atoms with Crippen LogP contribution in [0.3, 0.4) is 0 Å². The lowest BCUT2D eigenvalue weighted by Crippen LogP contribution is -2.21. The Bertz CT molecular complexity index is 479. The third kappa shape index (κ3) is 3.68. The van der Waals surface area contributed by atoms with Crippen molar-refractivity contribution in [1.29, 1.82) is 0 Å². The number of benzene rings is 1. The fourth-order valence-electron chi connectivity index (χ4n) is 2.45. The Labute approximate surface area is 118 Å². The van der Waals surface area contributed by atoms with Crippen molar-refractivity contribution in [1.82, 2.24) is 4.90 Å². The Kier molecular flexibility index (Phi) is 4.92. The summed E-state index contributed by atoms with van der Waals surface area (Å²) in [6.45, 7) is 4.87. The maximum atomic E-state index is 11.1. The summed E-state index contributed by atoms with van der Waals surface area (Å²) in [4.78, 5) is 12.9. The van der Waals surface area contributed by atoms with Crippen molar-refractivity contribution in [2.24, 2.45) is 0 Å². The van der Waals surface area contributed by atoms with Gasteiger partial charge in [0.2, 0.25) is 0 Å². The normalized spacial score (nSPS) is 19.2. The van der Waals surface area contributed by atoms with Gasteiger partial charge in [-0.15, -0.1) is 0 Å². The number of anilines is 1. The molecule has 1 atom stereocenters. The average molecular weight is 279 g/mol. The molecule has 1 unspecified atom stereocenters. The number of nitrogens with one attached hydrogen (secondary N) is 1. The second-order valence-corrected chi connectivity index (χ2v) is 5.21. The average Bonchev–Trinajstić information content (AvgIpc) is 2.82. The number of nitro benzene ring substituents is 1. The van der Waals surface area contributed by atoms with Gasteiger partial charge in [0.25, 0.3) is 5.69 Å². The largest absolute Gasteiger partial charge is 0.392 e. The Morgan fingerprint density at radius 2 is 2.35 bits per heavy atom. The smallest absolute Gasteiger partial charge is 0.292 e. The van der Waals surface area contributed by atoms with Crippen molar-refractivity contribution < 1.29 is 10.0 Å². The van der Waals surface area contributed by atoms with Crippen LogP contribution >= 0.6 is 0 Å². The minimum Gasteiger partial charge on any atom is -0.392 e. The number of rotatable bonds is 6. The van der Waals surface area contributed by atoms with Gasteiger partial charge in [-0.3, -0.25) is 15.0 Å². The van der Waals surface area contributed by atoms with E-state index in [1.165, 1.54) is 0 Å². The molecule has 0 saturated carbocycles. The molecule has 2 N–H and O–H groups in total. The van der Waals surface area contributed by atoms with Crippen LogP contribution < -0.4 is 5.32 Å². The molecule has 0 aromatic heterocycles. The Balaban J connectivity index is 2.10. The lowest BCUT2D eigenvalue weighted by atomic mass is 10.1. The van der Waals surface area contributed by atoms with Crippen LogP contribution in [0.15, 0.2) is 18.2 Å². The third-order valence-corrected chi connectivity index (χ3v) is 3.48. The van der Waals surface area contributed by atoms with E-state index >= 15 is 0 Å². The molecule has 0 aliphatic carbocycles. The van der Waals surface area contributed by atoms with Gasteiger partial charge in [-0.1, -0.05) is 13.0 Å². The summed E-state index contributed by atoms with van der Waals surface area (Å²) in [6, 6.07) is 5.31. The number of hydrogen-bond donors (Lipinski definition) is 2. The highest BCUT2D eigenvalue weighted by molar-refractivity contribution is 5.62. The van der Waals surface area contributed by atoms with Gasteiger partial charge in [-0.2, -0.15) is 0 Å². The van der Waals surface area contributed by atoms with E-state index < -0.39 is 0 Å². The lowest BCUT2D eigenvalue weighted by Gasteiger charge is -2.15. The molecular formula is C14H21N3O3. The molecule has 6 nitrogen and oxygen atoms in total. The summed E-state index contributed by atoms with van der Waals surface area (Å²) >= 11 is 0. The summed E-state index contributed by atoms with van der Waals surface area (Å²) in [5.74, 6) is 0. The van der Waals surface area contributed by atoms with Crippen molar-refractivity contribution in [2.45, 2.75) is 32.4 Å². The third-order valence-electron chi connectivity index (χ3n) is 3.48. The highest BCUT2D eigenvalue weighted by Gasteiger charge is 2.21. The Morgan fingerprint density at radius 3 is 2.95 bits per heavy atom. The number of nitrogens with zero attached hydrogens (tertiary/aromatic N) is 2. The van der Waals surface area contributed by atoms with Gasteiger partial charge in [0.15, 0.2) is 0 Å². The lowest BCUT2D eigenvalue weighted by molar-refractivity contribution is -0.384. The number of nitro groups is 1. The van der Waals surface area contributed by atoms with Crippen molar-refractivity contribution in [2.75, 3.05) is 25.0 Å². The van der Waals surface area contributed by atoms with Gasteiger partial charge >= 0.3 is 0 Å². The highest BCUT2D eigenvalue weighted by Crippen LogP contribution is 2.26. The molecule has 2 rings (SSSR count). The topological polar surface area (TPSA) is 78.6 Å². The molecule has 110 valence electrons. The molecule has 6 heteroatoms. The molecular weight excluding hydrogens is 258 g/mol. The molecule has 20 heavy (non-hydrogen) atoms. The first-order valence-corrected chi connectivity index (χ1v) is 7.01. The Hall–Kier alpha value is -1.66. The fourth-order valence-corrected chi connectivity index (χ4v) is 2.45. The molecule has 1 aliphatic rings. The number of hydrogen-bond acceptors (Lipinski definition) is 5. The Morgan fingerprint density at radius 1 is 1.55 bits per heavy atom. The molecule has 1 aromatic carbocycles. The van der Waals surface area contributed by atoms with Gasteiger partial charge in [0, 0.05) is 32.2 Å². The van der Waals surface area contributed by atoms with Crippen LogP contribution in [0.1, 0.15) is 25.3 Å². The maximum absolute atomic E-state index is 11.1. The van der Waals surface area contributed by atoms with Crippen molar-refractivity contribution in [3.63, 3.8) is 0 Å². The molecule has 1 aromatic rings. The summed E-state index contributed by atoms with van der Waals surface area (Å²) in [5, 5.41) is 23.7. The van der Waals surface area contributed by atoms with Crippen LogP contribution in [-0.4, -0.2) is 40.7 Å². The van der Waals surface area contributed by atoms with E-state index in [4.69, 9.17) is 0 Å². The number of aliphatic hydroxyl groups excluding tert-OH is 1. The zero-order chi connectivity index (χ0) is 14.5. The van der Waals surface area contributed by atoms with Crippen LogP contribution in [0.5, 0.6) is 0 Å². The zero-order valence-electron chi connectivity index (χ0n) is 11.7. The van der Waals surface area contributed by atoms with Crippen LogP contribution in [-0.2, 0) is 6.54 Å². The summed E-state index contributed by atoms with van der Waals surface area (Å²) in [6.07, 6.45) is 1.43. The highest BCUT2D eigenvalue weighted by atomic mass is 16.6. The van der Waals surface area contributed by atoms with Crippen molar-refractivity contribution in [3.8, 4) is 0 Å². The van der Waals surface area contributed by atoms with E-state index in [1.54, 1.807) is 12.1 Å². The van der Waals surface area contributed by atoms with Crippen LogP contribution in [0.25, 0.3) is 0 Å². The van der Waals surface area contributed by atoms with Crippen LogP contribution in [0.4, 0.5) is 11.4 Å². The summed E-state index contributed by atoms with van der Waals surface area (Å²) < 4.78 is 0. The zero-order valence-corrected chi connectivity index (χ0v) is 11.7. The van der Waals surface area contributed by atoms with Crippen LogP contribution in [0, 0.1) is 10.1 Å². The standard InChI is InChI=1S/C14H21N3O3/c1-2-6-15-13-4-3-11(8-14(13)17(19)20)9-16-7-5-12(18)10-16/h3-4,8,12,15,18H,2,5-7,9-10H2,1H3. The molecule has 0 spiro atoms. The van der Waals surface area contributed by atoms with Gasteiger partial charge in [-0.05, 0) is 24.5 Å². The van der Waals surface area contributed by atoms with Gasteiger partial charge in [0.05, 0.1) is 11.0 Å². The van der Waals surface area contributed by atoms with E-state index in [0.717, 1.165) is 31.5 Å². The van der Waals surface area contributed by atoms with Gasteiger partial charge in [0.1, 0.15) is 5.69 Å².